The number of thioether (sulfide) groups is 1. The van der Waals surface area contributed by atoms with Crippen LogP contribution in [0.4, 0.5) is 5.69 Å². The molecule has 1 amide bonds. The number of benzene rings is 2. The Morgan fingerprint density at radius 2 is 1.79 bits per heavy atom. The fraction of sp³-hybridized carbons (Fsp3) is 0.227. The molecule has 1 heterocycles. The maximum Gasteiger partial charge on any atom is 0.337 e. The number of ether oxygens (including phenoxy) is 2. The third-order valence-corrected chi connectivity index (χ3v) is 5.27. The van der Waals surface area contributed by atoms with E-state index in [1.807, 2.05) is 37.3 Å². The van der Waals surface area contributed by atoms with Gasteiger partial charge in [0.1, 0.15) is 5.75 Å². The average molecular weight is 410 g/mol. The summed E-state index contributed by atoms with van der Waals surface area (Å²) < 4.78 is 9.88. The van der Waals surface area contributed by atoms with Gasteiger partial charge in [-0.15, -0.1) is 0 Å². The van der Waals surface area contributed by atoms with Crippen LogP contribution in [-0.4, -0.2) is 42.7 Å². The number of methoxy groups -OCH3 is 2. The van der Waals surface area contributed by atoms with Crippen molar-refractivity contribution in [1.29, 1.82) is 0 Å². The molecule has 6 nitrogen and oxygen atoms in total. The van der Waals surface area contributed by atoms with E-state index >= 15 is 0 Å². The van der Waals surface area contributed by atoms with Crippen LogP contribution in [0.3, 0.4) is 0 Å². The number of nitrogens with zero attached hydrogens (tertiary/aromatic N) is 2. The summed E-state index contributed by atoms with van der Waals surface area (Å²) in [6.45, 7) is 2.62. The van der Waals surface area contributed by atoms with Gasteiger partial charge in [0.2, 0.25) is 0 Å². The summed E-state index contributed by atoms with van der Waals surface area (Å²) in [4.78, 5) is 31.4. The van der Waals surface area contributed by atoms with Crippen molar-refractivity contribution in [3.63, 3.8) is 0 Å². The van der Waals surface area contributed by atoms with Crippen LogP contribution in [0.15, 0.2) is 58.4 Å². The Bertz CT molecular complexity index is 950. The Kier molecular flexibility index (Phi) is 6.72. The summed E-state index contributed by atoms with van der Waals surface area (Å²) in [6, 6.07) is 14.3. The minimum absolute atomic E-state index is 0.0684. The van der Waals surface area contributed by atoms with Gasteiger partial charge in [-0.25, -0.2) is 9.79 Å². The highest BCUT2D eigenvalue weighted by atomic mass is 32.2. The smallest absolute Gasteiger partial charge is 0.337 e. The van der Waals surface area contributed by atoms with Crippen molar-refractivity contribution in [2.45, 2.75) is 13.3 Å². The zero-order chi connectivity index (χ0) is 20.8. The van der Waals surface area contributed by atoms with Crippen LogP contribution >= 0.6 is 11.8 Å². The normalized spacial score (nSPS) is 16.5. The van der Waals surface area contributed by atoms with Crippen LogP contribution in [0.1, 0.15) is 29.3 Å². The lowest BCUT2D eigenvalue weighted by molar-refractivity contribution is -0.122. The molecule has 1 aliphatic heterocycles. The summed E-state index contributed by atoms with van der Waals surface area (Å²) in [5.74, 6) is 0.296. The minimum atomic E-state index is -0.390. The van der Waals surface area contributed by atoms with E-state index < -0.39 is 5.97 Å². The van der Waals surface area contributed by atoms with E-state index in [9.17, 15) is 9.59 Å². The number of rotatable bonds is 6. The van der Waals surface area contributed by atoms with Gasteiger partial charge >= 0.3 is 5.97 Å². The van der Waals surface area contributed by atoms with Crippen molar-refractivity contribution in [2.24, 2.45) is 4.99 Å². The minimum Gasteiger partial charge on any atom is -0.497 e. The molecule has 0 aliphatic carbocycles. The van der Waals surface area contributed by atoms with E-state index in [0.29, 0.717) is 22.2 Å². The van der Waals surface area contributed by atoms with Gasteiger partial charge in [-0.3, -0.25) is 9.69 Å². The predicted octanol–water partition coefficient (Wildman–Crippen LogP) is 4.50. The molecular weight excluding hydrogens is 388 g/mol. The molecule has 0 aromatic heterocycles. The van der Waals surface area contributed by atoms with Crippen LogP contribution in [0, 0.1) is 0 Å². The Hall–Kier alpha value is -3.06. The summed E-state index contributed by atoms with van der Waals surface area (Å²) in [5.41, 5.74) is 2.05. The first kappa shape index (κ1) is 20.7. The molecule has 0 spiro atoms. The summed E-state index contributed by atoms with van der Waals surface area (Å²) in [6.07, 6.45) is 2.64. The summed E-state index contributed by atoms with van der Waals surface area (Å²) in [7, 11) is 2.96. The van der Waals surface area contributed by atoms with E-state index in [-0.39, 0.29) is 5.91 Å². The van der Waals surface area contributed by atoms with Crippen LogP contribution in [0.25, 0.3) is 6.08 Å². The highest BCUT2D eigenvalue weighted by Gasteiger charge is 2.32. The van der Waals surface area contributed by atoms with Gasteiger partial charge in [0.15, 0.2) is 5.17 Å². The first-order chi connectivity index (χ1) is 14.0. The molecule has 0 radical (unpaired) electrons. The lowest BCUT2D eigenvalue weighted by Gasteiger charge is -2.14. The number of hydrogen-bond acceptors (Lipinski definition) is 6. The van der Waals surface area contributed by atoms with Gasteiger partial charge in [0, 0.05) is 6.54 Å². The van der Waals surface area contributed by atoms with Gasteiger partial charge in [-0.1, -0.05) is 19.1 Å². The molecule has 0 unspecified atom stereocenters. The molecule has 150 valence electrons. The molecule has 0 saturated carbocycles. The van der Waals surface area contributed by atoms with Gasteiger partial charge < -0.3 is 9.47 Å². The van der Waals surface area contributed by atoms with E-state index in [0.717, 1.165) is 23.4 Å². The topological polar surface area (TPSA) is 68.2 Å². The van der Waals surface area contributed by atoms with Crippen molar-refractivity contribution in [3.8, 4) is 5.75 Å². The standard InChI is InChI=1S/C22H22N2O4S/c1-4-13-24-20(25)19(14-15-5-7-16(8-6-15)21(26)28-3)29-22(24)23-17-9-11-18(27-2)12-10-17/h5-12,14H,4,13H2,1-3H3/b19-14+,23-22?. The van der Waals surface area contributed by atoms with Gasteiger partial charge in [0.05, 0.1) is 30.4 Å². The molecule has 1 aliphatic rings. The Morgan fingerprint density at radius 3 is 2.38 bits per heavy atom. The van der Waals surface area contributed by atoms with Crippen molar-refractivity contribution in [2.75, 3.05) is 20.8 Å². The molecule has 1 saturated heterocycles. The van der Waals surface area contributed by atoms with E-state index in [2.05, 4.69) is 4.99 Å². The number of carbonyl (C=O) groups is 2. The highest BCUT2D eigenvalue weighted by molar-refractivity contribution is 8.18. The van der Waals surface area contributed by atoms with Crippen LogP contribution in [-0.2, 0) is 9.53 Å². The van der Waals surface area contributed by atoms with E-state index in [1.165, 1.54) is 18.9 Å². The van der Waals surface area contributed by atoms with Gasteiger partial charge in [-0.05, 0) is 66.2 Å². The largest absolute Gasteiger partial charge is 0.497 e. The SMILES string of the molecule is CCCN1C(=O)/C(=C\c2ccc(C(=O)OC)cc2)SC1=Nc1ccc(OC)cc1. The van der Waals surface area contributed by atoms with Gasteiger partial charge in [0.25, 0.3) is 5.91 Å². The number of amidine groups is 1. The number of esters is 1. The Balaban J connectivity index is 1.86. The van der Waals surface area contributed by atoms with Crippen molar-refractivity contribution >= 4 is 40.6 Å². The van der Waals surface area contributed by atoms with Crippen LogP contribution < -0.4 is 4.74 Å². The molecule has 0 N–H and O–H groups in total. The monoisotopic (exact) mass is 410 g/mol. The molecule has 3 rings (SSSR count). The van der Waals surface area contributed by atoms with E-state index in [1.54, 1.807) is 36.3 Å². The maximum absolute atomic E-state index is 12.9. The lowest BCUT2D eigenvalue weighted by Crippen LogP contribution is -2.29. The zero-order valence-corrected chi connectivity index (χ0v) is 17.4. The highest BCUT2D eigenvalue weighted by Crippen LogP contribution is 2.34. The zero-order valence-electron chi connectivity index (χ0n) is 16.5. The molecule has 0 bridgehead atoms. The lowest BCUT2D eigenvalue weighted by atomic mass is 10.1. The average Bonchev–Trinajstić information content (AvgIpc) is 3.03. The molecule has 7 heteroatoms. The quantitative estimate of drug-likeness (QED) is 0.518. The molecule has 29 heavy (non-hydrogen) atoms. The van der Waals surface area contributed by atoms with E-state index in [4.69, 9.17) is 9.47 Å². The first-order valence-electron chi connectivity index (χ1n) is 9.18. The van der Waals surface area contributed by atoms with Crippen molar-refractivity contribution in [3.05, 3.63) is 64.6 Å². The Labute approximate surface area is 174 Å². The molecule has 2 aromatic carbocycles. The maximum atomic E-state index is 12.9. The van der Waals surface area contributed by atoms with Gasteiger partial charge in [-0.2, -0.15) is 0 Å². The molecule has 0 atom stereocenters. The second-order valence-corrected chi connectivity index (χ2v) is 7.28. The number of hydrogen-bond donors (Lipinski definition) is 0. The van der Waals surface area contributed by atoms with Crippen molar-refractivity contribution < 1.29 is 19.1 Å². The third-order valence-electron chi connectivity index (χ3n) is 4.26. The second kappa shape index (κ2) is 9.43. The first-order valence-corrected chi connectivity index (χ1v) is 10.00. The molecule has 2 aromatic rings. The molecular formula is C22H22N2O4S. The third kappa shape index (κ3) is 4.86. The fourth-order valence-corrected chi connectivity index (χ4v) is 3.79. The number of aliphatic imine (C=N–C) groups is 1. The van der Waals surface area contributed by atoms with Crippen LogP contribution in [0.5, 0.6) is 5.75 Å². The molecule has 1 fully saturated rings. The van der Waals surface area contributed by atoms with Crippen LogP contribution in [0.2, 0.25) is 0 Å². The fourth-order valence-electron chi connectivity index (χ4n) is 2.76. The number of amides is 1. The number of carbonyl (C=O) groups excluding carboxylic acids is 2. The Morgan fingerprint density at radius 1 is 1.10 bits per heavy atom. The summed E-state index contributed by atoms with van der Waals surface area (Å²) >= 11 is 1.35. The summed E-state index contributed by atoms with van der Waals surface area (Å²) in [5, 5.41) is 0.652. The van der Waals surface area contributed by atoms with Crippen molar-refractivity contribution in [1.82, 2.24) is 4.90 Å². The predicted molar refractivity (Wildman–Crippen MR) is 115 cm³/mol. The second-order valence-electron chi connectivity index (χ2n) is 6.27.